The molecular weight excluding hydrogens is 298 g/mol. The summed E-state index contributed by atoms with van der Waals surface area (Å²) in [5.41, 5.74) is 1.07. The molecule has 1 amide bonds. The Hall–Kier alpha value is -3.02. The summed E-state index contributed by atoms with van der Waals surface area (Å²) in [5.74, 6) is -0.486. The maximum absolute atomic E-state index is 12.3. The fourth-order valence-corrected chi connectivity index (χ4v) is 2.31. The van der Waals surface area contributed by atoms with E-state index >= 15 is 0 Å². The topological polar surface area (TPSA) is 84.9 Å². The number of benzene rings is 2. The zero-order valence-electron chi connectivity index (χ0n) is 12.4. The lowest BCUT2D eigenvalue weighted by Crippen LogP contribution is -2.40. The van der Waals surface area contributed by atoms with Gasteiger partial charge in [-0.2, -0.15) is 0 Å². The number of anilines is 1. The van der Waals surface area contributed by atoms with Crippen molar-refractivity contribution in [3.63, 3.8) is 0 Å². The van der Waals surface area contributed by atoms with Gasteiger partial charge in [0.05, 0.1) is 11.3 Å². The van der Waals surface area contributed by atoms with E-state index in [9.17, 15) is 14.7 Å². The molecule has 1 aliphatic rings. The van der Waals surface area contributed by atoms with Gasteiger partial charge >= 0.3 is 5.97 Å². The fourth-order valence-electron chi connectivity index (χ4n) is 2.31. The molecule has 0 aliphatic carbocycles. The molecule has 2 aromatic carbocycles. The number of hydrogen-bond donors (Lipinski definition) is 2. The van der Waals surface area contributed by atoms with Crippen molar-refractivity contribution in [3.05, 3.63) is 53.6 Å². The van der Waals surface area contributed by atoms with E-state index in [1.54, 1.807) is 37.3 Å². The van der Waals surface area contributed by atoms with Crippen LogP contribution in [-0.2, 0) is 4.79 Å². The molecule has 118 valence electrons. The number of carbonyl (C=O) groups excluding carboxylic acids is 1. The van der Waals surface area contributed by atoms with Crippen LogP contribution < -0.4 is 14.8 Å². The van der Waals surface area contributed by atoms with Crippen LogP contribution in [-0.4, -0.2) is 29.7 Å². The zero-order valence-corrected chi connectivity index (χ0v) is 12.4. The number of ether oxygens (including phenoxy) is 2. The molecule has 1 unspecified atom stereocenters. The van der Waals surface area contributed by atoms with Crippen molar-refractivity contribution in [1.29, 1.82) is 0 Å². The molecule has 1 aliphatic heterocycles. The second-order valence-electron chi connectivity index (χ2n) is 5.21. The number of rotatable bonds is 3. The Kier molecular flexibility index (Phi) is 3.89. The highest BCUT2D eigenvalue weighted by atomic mass is 16.6. The average Bonchev–Trinajstić information content (AvgIpc) is 2.55. The first-order valence-electron chi connectivity index (χ1n) is 7.08. The average molecular weight is 313 g/mol. The van der Waals surface area contributed by atoms with Gasteiger partial charge in [-0.05, 0) is 31.2 Å². The Morgan fingerprint density at radius 1 is 1.17 bits per heavy atom. The number of amides is 1. The van der Waals surface area contributed by atoms with Gasteiger partial charge in [-0.25, -0.2) is 4.79 Å². The number of aromatic carboxylic acids is 1. The lowest BCUT2D eigenvalue weighted by molar-refractivity contribution is -0.125. The first-order valence-corrected chi connectivity index (χ1v) is 7.08. The van der Waals surface area contributed by atoms with E-state index in [2.05, 4.69) is 5.32 Å². The smallest absolute Gasteiger partial charge is 0.337 e. The van der Waals surface area contributed by atoms with Crippen molar-refractivity contribution in [3.8, 4) is 11.5 Å². The molecule has 1 heterocycles. The second-order valence-corrected chi connectivity index (χ2v) is 5.21. The van der Waals surface area contributed by atoms with Gasteiger partial charge in [-0.3, -0.25) is 4.79 Å². The number of para-hydroxylation sites is 2. The first kappa shape index (κ1) is 14.9. The predicted molar refractivity (Wildman–Crippen MR) is 83.1 cm³/mol. The van der Waals surface area contributed by atoms with Gasteiger partial charge in [0.1, 0.15) is 6.61 Å². The summed E-state index contributed by atoms with van der Waals surface area (Å²) >= 11 is 0. The number of nitrogens with one attached hydrogen (secondary N) is 1. The monoisotopic (exact) mass is 313 g/mol. The van der Waals surface area contributed by atoms with E-state index in [4.69, 9.17) is 9.47 Å². The van der Waals surface area contributed by atoms with Crippen molar-refractivity contribution >= 4 is 17.6 Å². The Morgan fingerprint density at radius 3 is 2.65 bits per heavy atom. The van der Waals surface area contributed by atoms with Gasteiger partial charge < -0.3 is 19.9 Å². The van der Waals surface area contributed by atoms with Gasteiger partial charge in [0.2, 0.25) is 6.10 Å². The highest BCUT2D eigenvalue weighted by molar-refractivity contribution is 6.02. The molecular formula is C17H15NO5. The van der Waals surface area contributed by atoms with E-state index in [0.717, 1.165) is 5.56 Å². The third-order valence-electron chi connectivity index (χ3n) is 3.46. The van der Waals surface area contributed by atoms with Crippen LogP contribution in [0.2, 0.25) is 0 Å². The lowest BCUT2D eigenvalue weighted by Gasteiger charge is -2.25. The van der Waals surface area contributed by atoms with E-state index in [-0.39, 0.29) is 17.9 Å². The van der Waals surface area contributed by atoms with E-state index < -0.39 is 18.0 Å². The minimum absolute atomic E-state index is 0.0375. The van der Waals surface area contributed by atoms with Gasteiger partial charge in [-0.15, -0.1) is 0 Å². The van der Waals surface area contributed by atoms with Crippen LogP contribution in [0, 0.1) is 6.92 Å². The number of carboxylic acids is 1. The second kappa shape index (κ2) is 6.00. The van der Waals surface area contributed by atoms with Crippen LogP contribution in [0.1, 0.15) is 15.9 Å². The highest BCUT2D eigenvalue weighted by Gasteiger charge is 2.28. The summed E-state index contributed by atoms with van der Waals surface area (Å²) in [4.78, 5) is 23.6. The van der Waals surface area contributed by atoms with Crippen LogP contribution in [0.15, 0.2) is 42.5 Å². The van der Waals surface area contributed by atoms with Crippen molar-refractivity contribution in [2.75, 3.05) is 11.9 Å². The summed E-state index contributed by atoms with van der Waals surface area (Å²) < 4.78 is 11.1. The molecule has 0 saturated carbocycles. The minimum atomic E-state index is -1.10. The molecule has 6 nitrogen and oxygen atoms in total. The standard InChI is InChI=1S/C17H15NO5/c1-10-6-7-12(11(8-10)17(20)21)18-16(19)15-9-22-13-4-2-3-5-14(13)23-15/h2-8,15H,9H2,1H3,(H,18,19)(H,20,21). The number of fused-ring (bicyclic) bond motifs is 1. The minimum Gasteiger partial charge on any atom is -0.485 e. The largest absolute Gasteiger partial charge is 0.485 e. The zero-order chi connectivity index (χ0) is 16.4. The van der Waals surface area contributed by atoms with Crippen molar-refractivity contribution < 1.29 is 24.2 Å². The third kappa shape index (κ3) is 3.11. The van der Waals surface area contributed by atoms with Crippen molar-refractivity contribution in [2.24, 2.45) is 0 Å². The van der Waals surface area contributed by atoms with Crippen LogP contribution in [0.4, 0.5) is 5.69 Å². The molecule has 23 heavy (non-hydrogen) atoms. The summed E-state index contributed by atoms with van der Waals surface area (Å²) in [6.45, 7) is 1.85. The maximum atomic E-state index is 12.3. The normalized spacial score (nSPS) is 15.8. The van der Waals surface area contributed by atoms with Crippen LogP contribution in [0.5, 0.6) is 11.5 Å². The van der Waals surface area contributed by atoms with Crippen molar-refractivity contribution in [1.82, 2.24) is 0 Å². The SMILES string of the molecule is Cc1ccc(NC(=O)C2COc3ccccc3O2)c(C(=O)O)c1. The van der Waals surface area contributed by atoms with E-state index in [1.165, 1.54) is 6.07 Å². The van der Waals surface area contributed by atoms with Gasteiger partial charge in [0.25, 0.3) is 5.91 Å². The van der Waals surface area contributed by atoms with Crippen molar-refractivity contribution in [2.45, 2.75) is 13.0 Å². The van der Waals surface area contributed by atoms with Gasteiger partial charge in [-0.1, -0.05) is 23.8 Å². The number of aryl methyl sites for hydroxylation is 1. The van der Waals surface area contributed by atoms with Gasteiger partial charge in [0, 0.05) is 0 Å². The molecule has 0 radical (unpaired) electrons. The van der Waals surface area contributed by atoms with Gasteiger partial charge in [0.15, 0.2) is 11.5 Å². The molecule has 2 N–H and O–H groups in total. The van der Waals surface area contributed by atoms with Crippen LogP contribution >= 0.6 is 0 Å². The Balaban J connectivity index is 1.77. The van der Waals surface area contributed by atoms with E-state index in [1.807, 2.05) is 6.07 Å². The first-order chi connectivity index (χ1) is 11.0. The third-order valence-corrected chi connectivity index (χ3v) is 3.46. The van der Waals surface area contributed by atoms with E-state index in [0.29, 0.717) is 11.5 Å². The molecule has 0 bridgehead atoms. The summed E-state index contributed by atoms with van der Waals surface area (Å²) in [6, 6.07) is 11.9. The number of hydrogen-bond acceptors (Lipinski definition) is 4. The molecule has 0 spiro atoms. The maximum Gasteiger partial charge on any atom is 0.337 e. The van der Waals surface area contributed by atoms with Crippen LogP contribution in [0.25, 0.3) is 0 Å². The lowest BCUT2D eigenvalue weighted by atomic mass is 10.1. The molecule has 2 aromatic rings. The van der Waals surface area contributed by atoms with Crippen LogP contribution in [0.3, 0.4) is 0 Å². The Morgan fingerprint density at radius 2 is 1.91 bits per heavy atom. The quantitative estimate of drug-likeness (QED) is 0.909. The fraction of sp³-hybridized carbons (Fsp3) is 0.176. The Labute approximate surface area is 132 Å². The molecule has 0 fully saturated rings. The number of carbonyl (C=O) groups is 2. The molecule has 0 saturated heterocycles. The molecule has 3 rings (SSSR count). The predicted octanol–water partition coefficient (Wildman–Crippen LogP) is 2.47. The molecule has 1 atom stereocenters. The molecule has 6 heteroatoms. The Bertz CT molecular complexity index is 771. The summed E-state index contributed by atoms with van der Waals surface area (Å²) in [6.07, 6.45) is -0.840. The highest BCUT2D eigenvalue weighted by Crippen LogP contribution is 2.31. The molecule has 0 aromatic heterocycles. The summed E-state index contributed by atoms with van der Waals surface area (Å²) in [7, 11) is 0. The summed E-state index contributed by atoms with van der Waals surface area (Å²) in [5, 5.41) is 11.8. The number of carboxylic acid groups (broad SMARTS) is 1.